The number of nitrogens with zero attached hydrogens (tertiary/aromatic N) is 1. The number of carbonyl (C=O) groups is 3. The SMILES string of the molecule is CCOC(=O)C1CC(NC(=O)OCC[Si](C)(C)C)CN(C(=O)OC(C)(C)C)C1. The van der Waals surface area contributed by atoms with Crippen LogP contribution in [-0.4, -0.2) is 69.1 Å². The van der Waals surface area contributed by atoms with Gasteiger partial charge in [0.25, 0.3) is 0 Å². The summed E-state index contributed by atoms with van der Waals surface area (Å²) in [6, 6.07) is 0.468. The summed E-state index contributed by atoms with van der Waals surface area (Å²) >= 11 is 0. The zero-order chi connectivity index (χ0) is 21.5. The maximum atomic E-state index is 12.5. The second-order valence-corrected chi connectivity index (χ2v) is 15.0. The number of likely N-dealkylation sites (tertiary alicyclic amines) is 1. The maximum Gasteiger partial charge on any atom is 0.410 e. The first-order valence-electron chi connectivity index (χ1n) is 9.88. The number of esters is 1. The highest BCUT2D eigenvalue weighted by atomic mass is 28.3. The van der Waals surface area contributed by atoms with E-state index in [0.29, 0.717) is 13.0 Å². The molecule has 0 aromatic carbocycles. The van der Waals surface area contributed by atoms with Crippen LogP contribution in [0, 0.1) is 5.92 Å². The summed E-state index contributed by atoms with van der Waals surface area (Å²) in [5.41, 5.74) is -0.646. The molecule has 8 nitrogen and oxygen atoms in total. The monoisotopic (exact) mass is 416 g/mol. The zero-order valence-electron chi connectivity index (χ0n) is 18.3. The van der Waals surface area contributed by atoms with Crippen molar-refractivity contribution in [2.45, 2.75) is 71.4 Å². The number of amides is 2. The first-order chi connectivity index (χ1) is 12.8. The van der Waals surface area contributed by atoms with Gasteiger partial charge in [0, 0.05) is 21.2 Å². The lowest BCUT2D eigenvalue weighted by atomic mass is 9.94. The van der Waals surface area contributed by atoms with E-state index < -0.39 is 37.8 Å². The molecule has 0 aliphatic carbocycles. The minimum atomic E-state index is -1.30. The summed E-state index contributed by atoms with van der Waals surface area (Å²) in [7, 11) is -1.30. The van der Waals surface area contributed by atoms with E-state index in [1.165, 1.54) is 4.90 Å². The van der Waals surface area contributed by atoms with Crippen molar-refractivity contribution in [1.29, 1.82) is 0 Å². The lowest BCUT2D eigenvalue weighted by molar-refractivity contribution is -0.150. The van der Waals surface area contributed by atoms with E-state index in [-0.39, 0.29) is 25.7 Å². The third-order valence-corrected chi connectivity index (χ3v) is 5.83. The van der Waals surface area contributed by atoms with Gasteiger partial charge in [-0.1, -0.05) is 19.6 Å². The standard InChI is InChI=1S/C19H36N2O6Si/c1-8-25-16(22)14-11-15(20-17(23)26-9-10-28(5,6)7)13-21(12-14)18(24)27-19(2,3)4/h14-15H,8-13H2,1-7H3,(H,20,23). The third kappa shape index (κ3) is 9.43. The molecule has 0 spiro atoms. The molecular weight excluding hydrogens is 380 g/mol. The first kappa shape index (κ1) is 24.3. The van der Waals surface area contributed by atoms with Crippen molar-refractivity contribution in [3.05, 3.63) is 0 Å². The normalized spacial score (nSPS) is 20.3. The van der Waals surface area contributed by atoms with Crippen LogP contribution in [-0.2, 0) is 19.0 Å². The van der Waals surface area contributed by atoms with Crippen molar-refractivity contribution in [3.8, 4) is 0 Å². The molecule has 0 aromatic heterocycles. The summed E-state index contributed by atoms with van der Waals surface area (Å²) in [5, 5.41) is 2.78. The Morgan fingerprint density at radius 2 is 1.75 bits per heavy atom. The van der Waals surface area contributed by atoms with Crippen LogP contribution in [0.5, 0.6) is 0 Å². The summed E-state index contributed by atoms with van der Waals surface area (Å²) in [6.07, 6.45) is -0.654. The molecule has 2 unspecified atom stereocenters. The topological polar surface area (TPSA) is 94.2 Å². The largest absolute Gasteiger partial charge is 0.466 e. The van der Waals surface area contributed by atoms with Gasteiger partial charge in [0.2, 0.25) is 0 Å². The van der Waals surface area contributed by atoms with Crippen LogP contribution in [0.1, 0.15) is 34.1 Å². The number of carbonyl (C=O) groups excluding carboxylic acids is 3. The van der Waals surface area contributed by atoms with Gasteiger partial charge in [0.1, 0.15) is 5.60 Å². The Kier molecular flexibility index (Phi) is 8.78. The van der Waals surface area contributed by atoms with E-state index in [9.17, 15) is 14.4 Å². The van der Waals surface area contributed by atoms with Crippen molar-refractivity contribution < 1.29 is 28.6 Å². The van der Waals surface area contributed by atoms with Crippen molar-refractivity contribution >= 4 is 26.2 Å². The van der Waals surface area contributed by atoms with Gasteiger partial charge >= 0.3 is 18.2 Å². The molecule has 1 heterocycles. The van der Waals surface area contributed by atoms with Crippen LogP contribution in [0.15, 0.2) is 0 Å². The molecule has 1 N–H and O–H groups in total. The van der Waals surface area contributed by atoms with Crippen molar-refractivity contribution in [2.24, 2.45) is 5.92 Å². The number of nitrogens with one attached hydrogen (secondary N) is 1. The smallest absolute Gasteiger partial charge is 0.410 e. The molecule has 2 amide bonds. The van der Waals surface area contributed by atoms with Crippen LogP contribution < -0.4 is 5.32 Å². The van der Waals surface area contributed by atoms with Crippen molar-refractivity contribution in [2.75, 3.05) is 26.3 Å². The quantitative estimate of drug-likeness (QED) is 0.406. The minimum absolute atomic E-state index is 0.205. The third-order valence-electron chi connectivity index (χ3n) is 4.13. The molecule has 28 heavy (non-hydrogen) atoms. The van der Waals surface area contributed by atoms with Gasteiger partial charge in [-0.15, -0.1) is 0 Å². The number of hydrogen-bond donors (Lipinski definition) is 1. The first-order valence-corrected chi connectivity index (χ1v) is 13.6. The maximum absolute atomic E-state index is 12.5. The van der Waals surface area contributed by atoms with Gasteiger partial charge in [-0.05, 0) is 40.2 Å². The van der Waals surface area contributed by atoms with E-state index in [0.717, 1.165) is 6.04 Å². The van der Waals surface area contributed by atoms with Crippen molar-refractivity contribution in [1.82, 2.24) is 10.2 Å². The van der Waals surface area contributed by atoms with Crippen LogP contribution in [0.3, 0.4) is 0 Å². The van der Waals surface area contributed by atoms with Gasteiger partial charge in [-0.25, -0.2) is 9.59 Å². The Hall–Kier alpha value is -1.77. The van der Waals surface area contributed by atoms with Gasteiger partial charge in [-0.3, -0.25) is 4.79 Å². The Morgan fingerprint density at radius 1 is 1.11 bits per heavy atom. The highest BCUT2D eigenvalue weighted by Crippen LogP contribution is 2.21. The van der Waals surface area contributed by atoms with Crippen LogP contribution in [0.4, 0.5) is 9.59 Å². The number of hydrogen-bond acceptors (Lipinski definition) is 6. The predicted molar refractivity (Wildman–Crippen MR) is 109 cm³/mol. The molecule has 0 radical (unpaired) electrons. The Balaban J connectivity index is 2.73. The summed E-state index contributed by atoms with van der Waals surface area (Å²) < 4.78 is 15.8. The van der Waals surface area contributed by atoms with E-state index in [2.05, 4.69) is 25.0 Å². The lowest BCUT2D eigenvalue weighted by Gasteiger charge is -2.37. The van der Waals surface area contributed by atoms with Gasteiger partial charge in [0.15, 0.2) is 0 Å². The molecule has 1 saturated heterocycles. The summed E-state index contributed by atoms with van der Waals surface area (Å²) in [5.74, 6) is -0.900. The van der Waals surface area contributed by atoms with Crippen LogP contribution in [0.2, 0.25) is 25.7 Å². The minimum Gasteiger partial charge on any atom is -0.466 e. The average Bonchev–Trinajstić information content (AvgIpc) is 2.51. The number of alkyl carbamates (subject to hydrolysis) is 1. The predicted octanol–water partition coefficient (Wildman–Crippen LogP) is 3.24. The van der Waals surface area contributed by atoms with Gasteiger partial charge in [-0.2, -0.15) is 0 Å². The average molecular weight is 417 g/mol. The Bertz CT molecular complexity index is 556. The molecule has 0 saturated carbocycles. The fourth-order valence-corrected chi connectivity index (χ4v) is 3.48. The molecule has 1 aliphatic rings. The van der Waals surface area contributed by atoms with Gasteiger partial charge in [0.05, 0.1) is 25.2 Å². The van der Waals surface area contributed by atoms with Crippen molar-refractivity contribution in [3.63, 3.8) is 0 Å². The van der Waals surface area contributed by atoms with Crippen LogP contribution >= 0.6 is 0 Å². The molecule has 1 aliphatic heterocycles. The fourth-order valence-electron chi connectivity index (χ4n) is 2.77. The second kappa shape index (κ2) is 10.1. The van der Waals surface area contributed by atoms with Gasteiger partial charge < -0.3 is 24.4 Å². The highest BCUT2D eigenvalue weighted by molar-refractivity contribution is 6.76. The summed E-state index contributed by atoms with van der Waals surface area (Å²) in [4.78, 5) is 38.3. The molecule has 1 fully saturated rings. The second-order valence-electron chi connectivity index (χ2n) is 9.36. The fraction of sp³-hybridized carbons (Fsp3) is 0.842. The van der Waals surface area contributed by atoms with E-state index in [4.69, 9.17) is 14.2 Å². The van der Waals surface area contributed by atoms with E-state index in [1.54, 1.807) is 27.7 Å². The molecule has 9 heteroatoms. The lowest BCUT2D eigenvalue weighted by Crippen LogP contribution is -2.55. The zero-order valence-corrected chi connectivity index (χ0v) is 19.3. The van der Waals surface area contributed by atoms with E-state index in [1.807, 2.05) is 0 Å². The number of ether oxygens (including phenoxy) is 3. The molecule has 0 aromatic rings. The Labute approximate surface area is 169 Å². The molecule has 0 bridgehead atoms. The van der Waals surface area contributed by atoms with E-state index >= 15 is 0 Å². The highest BCUT2D eigenvalue weighted by Gasteiger charge is 2.37. The Morgan fingerprint density at radius 3 is 2.29 bits per heavy atom. The molecule has 2 atom stereocenters. The van der Waals surface area contributed by atoms with Crippen LogP contribution in [0.25, 0.3) is 0 Å². The molecule has 1 rings (SSSR count). The number of rotatable bonds is 6. The summed E-state index contributed by atoms with van der Waals surface area (Å²) in [6.45, 7) is 14.8. The molecular formula is C19H36N2O6Si. The number of piperidine rings is 1. The molecule has 162 valence electrons.